The van der Waals surface area contributed by atoms with Crippen LogP contribution >= 0.6 is 0 Å². The molecule has 0 radical (unpaired) electrons. The van der Waals surface area contributed by atoms with E-state index in [4.69, 9.17) is 14.7 Å². The molecular weight excluding hydrogens is 250 g/mol. The van der Waals surface area contributed by atoms with E-state index in [1.54, 1.807) is 0 Å². The Balaban J connectivity index is 1.95. The molecule has 2 aliphatic rings. The van der Waals surface area contributed by atoms with Crippen LogP contribution in [-0.2, 0) is 17.6 Å². The molecule has 3 rings (SSSR count). The molecule has 0 bridgehead atoms. The number of fused-ring (bicyclic) bond motifs is 1. The van der Waals surface area contributed by atoms with Crippen LogP contribution in [0.3, 0.4) is 0 Å². The van der Waals surface area contributed by atoms with E-state index in [9.17, 15) is 0 Å². The molecule has 1 aliphatic heterocycles. The number of aryl methyl sites for hydroxylation is 1. The molecule has 4 nitrogen and oxygen atoms in total. The first-order chi connectivity index (χ1) is 9.78. The van der Waals surface area contributed by atoms with Crippen LogP contribution in [0.5, 0.6) is 0 Å². The van der Waals surface area contributed by atoms with Crippen molar-refractivity contribution in [2.45, 2.75) is 71.0 Å². The SMILES string of the molecule is CCNc1nc(C2CCC(C)O2)nc2c1CCCCC2. The fraction of sp³-hybridized carbons (Fsp3) is 0.750. The lowest BCUT2D eigenvalue weighted by molar-refractivity contribution is 0.0502. The zero-order chi connectivity index (χ0) is 13.9. The number of nitrogens with one attached hydrogen (secondary N) is 1. The minimum atomic E-state index is 0.0935. The monoisotopic (exact) mass is 275 g/mol. The topological polar surface area (TPSA) is 47.0 Å². The predicted molar refractivity (Wildman–Crippen MR) is 80.0 cm³/mol. The third kappa shape index (κ3) is 2.80. The van der Waals surface area contributed by atoms with E-state index in [0.717, 1.165) is 43.9 Å². The Kier molecular flexibility index (Phi) is 4.20. The third-order valence-corrected chi connectivity index (χ3v) is 4.31. The lowest BCUT2D eigenvalue weighted by atomic mass is 10.1. The van der Waals surface area contributed by atoms with Gasteiger partial charge in [0.25, 0.3) is 0 Å². The summed E-state index contributed by atoms with van der Waals surface area (Å²) in [6.45, 7) is 5.17. The number of aromatic nitrogens is 2. The molecule has 2 atom stereocenters. The van der Waals surface area contributed by atoms with Gasteiger partial charge in [-0.2, -0.15) is 0 Å². The van der Waals surface area contributed by atoms with Crippen LogP contribution < -0.4 is 5.32 Å². The van der Waals surface area contributed by atoms with Crippen molar-refractivity contribution in [3.63, 3.8) is 0 Å². The zero-order valence-electron chi connectivity index (χ0n) is 12.6. The summed E-state index contributed by atoms with van der Waals surface area (Å²) in [7, 11) is 0. The van der Waals surface area contributed by atoms with Gasteiger partial charge in [-0.05, 0) is 52.4 Å². The van der Waals surface area contributed by atoms with E-state index < -0.39 is 0 Å². The molecule has 1 saturated heterocycles. The lowest BCUT2D eigenvalue weighted by Crippen LogP contribution is -2.13. The molecule has 4 heteroatoms. The summed E-state index contributed by atoms with van der Waals surface area (Å²) in [5.74, 6) is 1.95. The molecule has 2 unspecified atom stereocenters. The van der Waals surface area contributed by atoms with Crippen LogP contribution in [0.15, 0.2) is 0 Å². The average molecular weight is 275 g/mol. The van der Waals surface area contributed by atoms with Crippen molar-refractivity contribution < 1.29 is 4.74 Å². The van der Waals surface area contributed by atoms with Crippen LogP contribution in [0.2, 0.25) is 0 Å². The number of hydrogen-bond acceptors (Lipinski definition) is 4. The number of anilines is 1. The summed E-state index contributed by atoms with van der Waals surface area (Å²) in [6.07, 6.45) is 8.59. The Morgan fingerprint density at radius 3 is 2.75 bits per heavy atom. The number of hydrogen-bond donors (Lipinski definition) is 1. The molecule has 1 fully saturated rings. The van der Waals surface area contributed by atoms with Gasteiger partial charge in [0, 0.05) is 17.8 Å². The third-order valence-electron chi connectivity index (χ3n) is 4.31. The molecule has 1 aliphatic carbocycles. The molecule has 20 heavy (non-hydrogen) atoms. The Morgan fingerprint density at radius 1 is 1.15 bits per heavy atom. The van der Waals surface area contributed by atoms with Gasteiger partial charge in [-0.25, -0.2) is 9.97 Å². The number of ether oxygens (including phenoxy) is 1. The van der Waals surface area contributed by atoms with Gasteiger partial charge in [0.2, 0.25) is 0 Å². The van der Waals surface area contributed by atoms with E-state index >= 15 is 0 Å². The molecule has 0 amide bonds. The first kappa shape index (κ1) is 13.8. The summed E-state index contributed by atoms with van der Waals surface area (Å²) in [4.78, 5) is 9.64. The van der Waals surface area contributed by atoms with Gasteiger partial charge in [0.1, 0.15) is 11.9 Å². The summed E-state index contributed by atoms with van der Waals surface area (Å²) in [5.41, 5.74) is 2.60. The Labute approximate surface area is 121 Å². The predicted octanol–water partition coefficient (Wildman–Crippen LogP) is 3.42. The Bertz CT molecular complexity index is 475. The minimum Gasteiger partial charge on any atom is -0.370 e. The van der Waals surface area contributed by atoms with Crippen molar-refractivity contribution in [1.82, 2.24) is 9.97 Å². The quantitative estimate of drug-likeness (QED) is 0.859. The molecular formula is C16H25N3O. The maximum atomic E-state index is 5.95. The highest BCUT2D eigenvalue weighted by atomic mass is 16.5. The molecule has 2 heterocycles. The second kappa shape index (κ2) is 6.08. The highest BCUT2D eigenvalue weighted by Crippen LogP contribution is 2.33. The number of nitrogens with zero attached hydrogens (tertiary/aromatic N) is 2. The van der Waals surface area contributed by atoms with Crippen molar-refractivity contribution >= 4 is 5.82 Å². The Hall–Kier alpha value is -1.16. The minimum absolute atomic E-state index is 0.0935. The summed E-state index contributed by atoms with van der Waals surface area (Å²) < 4.78 is 5.95. The van der Waals surface area contributed by atoms with Crippen molar-refractivity contribution in [3.8, 4) is 0 Å². The second-order valence-electron chi connectivity index (χ2n) is 5.96. The molecule has 1 aromatic heterocycles. The van der Waals surface area contributed by atoms with Gasteiger partial charge >= 0.3 is 0 Å². The maximum Gasteiger partial charge on any atom is 0.159 e. The molecule has 0 saturated carbocycles. The molecule has 1 aromatic rings. The fourth-order valence-electron chi connectivity index (χ4n) is 3.24. The van der Waals surface area contributed by atoms with Crippen LogP contribution in [0.25, 0.3) is 0 Å². The Morgan fingerprint density at radius 2 is 2.00 bits per heavy atom. The van der Waals surface area contributed by atoms with Crippen molar-refractivity contribution in [2.24, 2.45) is 0 Å². The van der Waals surface area contributed by atoms with E-state index in [1.807, 2.05) is 0 Å². The highest BCUT2D eigenvalue weighted by molar-refractivity contribution is 5.47. The average Bonchev–Trinajstić information content (AvgIpc) is 2.73. The van der Waals surface area contributed by atoms with Crippen LogP contribution in [0.4, 0.5) is 5.82 Å². The van der Waals surface area contributed by atoms with Crippen LogP contribution in [-0.4, -0.2) is 22.6 Å². The van der Waals surface area contributed by atoms with Crippen molar-refractivity contribution in [1.29, 1.82) is 0 Å². The van der Waals surface area contributed by atoms with E-state index in [2.05, 4.69) is 19.2 Å². The molecule has 110 valence electrons. The molecule has 0 aromatic carbocycles. The summed E-state index contributed by atoms with van der Waals surface area (Å²) in [5, 5.41) is 3.43. The van der Waals surface area contributed by atoms with Crippen molar-refractivity contribution in [3.05, 3.63) is 17.1 Å². The zero-order valence-corrected chi connectivity index (χ0v) is 12.6. The van der Waals surface area contributed by atoms with Gasteiger partial charge < -0.3 is 10.1 Å². The van der Waals surface area contributed by atoms with E-state index in [1.165, 1.54) is 30.5 Å². The highest BCUT2D eigenvalue weighted by Gasteiger charge is 2.27. The van der Waals surface area contributed by atoms with Gasteiger partial charge in [0.15, 0.2) is 5.82 Å². The van der Waals surface area contributed by atoms with Gasteiger partial charge in [0.05, 0.1) is 6.10 Å². The van der Waals surface area contributed by atoms with Crippen molar-refractivity contribution in [2.75, 3.05) is 11.9 Å². The fourth-order valence-corrected chi connectivity index (χ4v) is 3.24. The number of rotatable bonds is 3. The summed E-state index contributed by atoms with van der Waals surface area (Å²) >= 11 is 0. The first-order valence-electron chi connectivity index (χ1n) is 8.07. The van der Waals surface area contributed by atoms with Gasteiger partial charge in [-0.15, -0.1) is 0 Å². The van der Waals surface area contributed by atoms with E-state index in [-0.39, 0.29) is 6.10 Å². The van der Waals surface area contributed by atoms with Gasteiger partial charge in [-0.3, -0.25) is 0 Å². The van der Waals surface area contributed by atoms with E-state index in [0.29, 0.717) is 6.10 Å². The first-order valence-corrected chi connectivity index (χ1v) is 8.07. The van der Waals surface area contributed by atoms with Crippen LogP contribution in [0, 0.1) is 0 Å². The molecule has 0 spiro atoms. The van der Waals surface area contributed by atoms with Crippen LogP contribution in [0.1, 0.15) is 69.1 Å². The maximum absolute atomic E-state index is 5.95. The lowest BCUT2D eigenvalue weighted by Gasteiger charge is -2.17. The normalized spacial score (nSPS) is 26.1. The largest absolute Gasteiger partial charge is 0.370 e. The standard InChI is InChI=1S/C16H25N3O/c1-3-17-15-12-7-5-4-6-8-13(12)18-16(19-15)14-10-9-11(2)20-14/h11,14H,3-10H2,1-2H3,(H,17,18,19). The smallest absolute Gasteiger partial charge is 0.159 e. The second-order valence-corrected chi connectivity index (χ2v) is 5.96. The van der Waals surface area contributed by atoms with Gasteiger partial charge in [-0.1, -0.05) is 6.42 Å². The summed E-state index contributed by atoms with van der Waals surface area (Å²) in [6, 6.07) is 0. The molecule has 1 N–H and O–H groups in total.